The van der Waals surface area contributed by atoms with E-state index in [1.54, 1.807) is 4.90 Å². The van der Waals surface area contributed by atoms with E-state index in [1.807, 2.05) is 54.6 Å². The summed E-state index contributed by atoms with van der Waals surface area (Å²) in [5, 5.41) is 21.2. The summed E-state index contributed by atoms with van der Waals surface area (Å²) in [7, 11) is 0. The average molecular weight is 406 g/mol. The third-order valence-electron chi connectivity index (χ3n) is 5.25. The summed E-state index contributed by atoms with van der Waals surface area (Å²) in [5.74, 6) is 5.88. The number of ketones is 1. The van der Waals surface area contributed by atoms with Gasteiger partial charge in [-0.1, -0.05) is 42.2 Å². The van der Waals surface area contributed by atoms with E-state index in [0.29, 0.717) is 13.1 Å². The van der Waals surface area contributed by atoms with Crippen LogP contribution < -0.4 is 5.32 Å². The predicted molar refractivity (Wildman–Crippen MR) is 114 cm³/mol. The summed E-state index contributed by atoms with van der Waals surface area (Å²) < 4.78 is 0. The van der Waals surface area contributed by atoms with Crippen LogP contribution in [0.1, 0.15) is 36.0 Å². The first-order valence-corrected chi connectivity index (χ1v) is 10.0. The van der Waals surface area contributed by atoms with Crippen molar-refractivity contribution in [2.24, 2.45) is 0 Å². The van der Waals surface area contributed by atoms with Gasteiger partial charge in [0.25, 0.3) is 0 Å². The second-order valence-electron chi connectivity index (χ2n) is 7.46. The number of rotatable bonds is 5. The number of nitrogens with one attached hydrogen (secondary N) is 1. The van der Waals surface area contributed by atoms with Crippen molar-refractivity contribution in [1.29, 1.82) is 0 Å². The molecule has 2 aromatic carbocycles. The summed E-state index contributed by atoms with van der Waals surface area (Å²) in [6.07, 6.45) is -0.257. The van der Waals surface area contributed by atoms with Gasteiger partial charge in [0.1, 0.15) is 12.6 Å². The second-order valence-corrected chi connectivity index (χ2v) is 7.46. The van der Waals surface area contributed by atoms with Crippen LogP contribution in [0.15, 0.2) is 54.6 Å². The van der Waals surface area contributed by atoms with Gasteiger partial charge in [0, 0.05) is 30.1 Å². The molecule has 1 heterocycles. The van der Waals surface area contributed by atoms with Gasteiger partial charge < -0.3 is 20.4 Å². The molecule has 0 radical (unpaired) electrons. The van der Waals surface area contributed by atoms with E-state index in [0.717, 1.165) is 23.1 Å². The Balaban J connectivity index is 1.59. The van der Waals surface area contributed by atoms with Crippen LogP contribution in [0.4, 0.5) is 4.79 Å². The van der Waals surface area contributed by atoms with Gasteiger partial charge in [-0.3, -0.25) is 4.79 Å². The Hall–Kier alpha value is -3.14. The van der Waals surface area contributed by atoms with Crippen molar-refractivity contribution in [2.75, 3.05) is 19.7 Å². The van der Waals surface area contributed by atoms with Gasteiger partial charge in [0.15, 0.2) is 5.78 Å². The molecule has 3 rings (SSSR count). The van der Waals surface area contributed by atoms with Crippen molar-refractivity contribution in [2.45, 2.75) is 31.4 Å². The fourth-order valence-corrected chi connectivity index (χ4v) is 3.51. The first kappa shape index (κ1) is 21.6. The van der Waals surface area contributed by atoms with Gasteiger partial charge in [-0.2, -0.15) is 0 Å². The number of carbonyl (C=O) groups excluding carboxylic acids is 2. The van der Waals surface area contributed by atoms with Crippen LogP contribution in [-0.2, 0) is 4.79 Å². The second kappa shape index (κ2) is 10.1. The lowest BCUT2D eigenvalue weighted by atomic mass is 9.97. The minimum atomic E-state index is -1.11. The van der Waals surface area contributed by atoms with E-state index < -0.39 is 30.6 Å². The van der Waals surface area contributed by atoms with Crippen molar-refractivity contribution < 1.29 is 19.8 Å². The van der Waals surface area contributed by atoms with E-state index in [1.165, 1.54) is 6.92 Å². The van der Waals surface area contributed by atoms with Crippen LogP contribution in [0.5, 0.6) is 0 Å². The molecule has 0 saturated carbocycles. The number of Topliss-reactive ketones (excluding diaryl/α,β-unsaturated/α-hetero) is 1. The molecule has 6 nitrogen and oxygen atoms in total. The summed E-state index contributed by atoms with van der Waals surface area (Å²) >= 11 is 0. The molecule has 3 atom stereocenters. The van der Waals surface area contributed by atoms with Crippen LogP contribution in [-0.4, -0.2) is 58.8 Å². The molecule has 2 amide bonds. The van der Waals surface area contributed by atoms with E-state index in [2.05, 4.69) is 17.2 Å². The highest BCUT2D eigenvalue weighted by molar-refractivity contribution is 5.89. The predicted octanol–water partition coefficient (Wildman–Crippen LogP) is 1.90. The van der Waals surface area contributed by atoms with Gasteiger partial charge >= 0.3 is 6.03 Å². The van der Waals surface area contributed by atoms with Crippen molar-refractivity contribution in [3.63, 3.8) is 0 Å². The van der Waals surface area contributed by atoms with Gasteiger partial charge in [0.05, 0.1) is 6.10 Å². The molecule has 1 aliphatic heterocycles. The monoisotopic (exact) mass is 406 g/mol. The Bertz CT molecular complexity index is 929. The van der Waals surface area contributed by atoms with Crippen LogP contribution in [0.3, 0.4) is 0 Å². The quantitative estimate of drug-likeness (QED) is 0.662. The number of nitrogens with zero attached hydrogens (tertiary/aromatic N) is 1. The minimum absolute atomic E-state index is 0.199. The maximum atomic E-state index is 12.5. The highest BCUT2D eigenvalue weighted by atomic mass is 16.3. The molecule has 1 saturated heterocycles. The number of benzene rings is 2. The maximum absolute atomic E-state index is 12.5. The minimum Gasteiger partial charge on any atom is -0.391 e. The van der Waals surface area contributed by atoms with E-state index in [9.17, 15) is 14.7 Å². The van der Waals surface area contributed by atoms with Crippen molar-refractivity contribution in [1.82, 2.24) is 10.2 Å². The lowest BCUT2D eigenvalue weighted by Gasteiger charge is -2.24. The lowest BCUT2D eigenvalue weighted by Crippen LogP contribution is -2.52. The molecule has 30 heavy (non-hydrogen) atoms. The van der Waals surface area contributed by atoms with Crippen molar-refractivity contribution in [3.05, 3.63) is 71.3 Å². The van der Waals surface area contributed by atoms with Gasteiger partial charge in [-0.05, 0) is 43.2 Å². The van der Waals surface area contributed by atoms with Gasteiger partial charge in [-0.25, -0.2) is 4.79 Å². The van der Waals surface area contributed by atoms with E-state index in [4.69, 9.17) is 5.11 Å². The molecular formula is C24H26N2O4. The largest absolute Gasteiger partial charge is 0.391 e. The Labute approximate surface area is 176 Å². The summed E-state index contributed by atoms with van der Waals surface area (Å²) in [6.45, 7) is 1.78. The SMILES string of the molecule is C[C@@H](O)[C@H](NC(=O)N1CCC(c2ccc(C#Cc3ccccc3)cc2)C1)C(=O)CO. The molecule has 156 valence electrons. The molecule has 6 heteroatoms. The number of urea groups is 1. The number of aliphatic hydroxyl groups is 2. The first-order valence-electron chi connectivity index (χ1n) is 10.0. The number of amides is 2. The molecule has 2 aromatic rings. The number of hydrogen-bond acceptors (Lipinski definition) is 4. The first-order chi connectivity index (χ1) is 14.5. The van der Waals surface area contributed by atoms with Crippen LogP contribution >= 0.6 is 0 Å². The Morgan fingerprint density at radius 1 is 1.10 bits per heavy atom. The molecule has 0 bridgehead atoms. The van der Waals surface area contributed by atoms with Crippen LogP contribution in [0.2, 0.25) is 0 Å². The zero-order valence-corrected chi connectivity index (χ0v) is 16.9. The zero-order chi connectivity index (χ0) is 21.5. The van der Waals surface area contributed by atoms with Crippen LogP contribution in [0.25, 0.3) is 0 Å². The third kappa shape index (κ3) is 5.47. The number of hydrogen-bond donors (Lipinski definition) is 3. The van der Waals surface area contributed by atoms with Crippen molar-refractivity contribution in [3.8, 4) is 11.8 Å². The molecule has 0 spiro atoms. The average Bonchev–Trinajstić information content (AvgIpc) is 3.26. The maximum Gasteiger partial charge on any atom is 0.318 e. The molecule has 0 aliphatic carbocycles. The summed E-state index contributed by atoms with van der Waals surface area (Å²) in [4.78, 5) is 25.8. The summed E-state index contributed by atoms with van der Waals surface area (Å²) in [6, 6.07) is 16.3. The number of aliphatic hydroxyl groups excluding tert-OH is 2. The van der Waals surface area contributed by atoms with E-state index in [-0.39, 0.29) is 5.92 Å². The Morgan fingerprint density at radius 2 is 1.73 bits per heavy atom. The summed E-state index contributed by atoms with van der Waals surface area (Å²) in [5.41, 5.74) is 3.03. The highest BCUT2D eigenvalue weighted by Gasteiger charge is 2.31. The van der Waals surface area contributed by atoms with Gasteiger partial charge in [0.2, 0.25) is 0 Å². The smallest absolute Gasteiger partial charge is 0.318 e. The molecule has 1 aliphatic rings. The molecule has 0 aromatic heterocycles. The highest BCUT2D eigenvalue weighted by Crippen LogP contribution is 2.27. The molecule has 1 fully saturated rings. The number of carbonyl (C=O) groups is 2. The topological polar surface area (TPSA) is 89.9 Å². The molecule has 3 N–H and O–H groups in total. The van der Waals surface area contributed by atoms with Gasteiger partial charge in [-0.15, -0.1) is 0 Å². The fourth-order valence-electron chi connectivity index (χ4n) is 3.51. The standard InChI is InChI=1S/C24H26N2O4/c1-17(28)23(22(29)16-27)25-24(30)26-14-13-21(15-26)20-11-9-19(10-12-20)8-7-18-5-3-2-4-6-18/h2-6,9-12,17,21,23,27-28H,13-16H2,1H3,(H,25,30)/t17-,21?,23+/m1/s1. The molecule has 1 unspecified atom stereocenters. The zero-order valence-electron chi connectivity index (χ0n) is 16.9. The normalized spacial score (nSPS) is 17.6. The number of likely N-dealkylation sites (tertiary alicyclic amines) is 1. The molecular weight excluding hydrogens is 380 g/mol. The van der Waals surface area contributed by atoms with E-state index >= 15 is 0 Å². The Morgan fingerprint density at radius 3 is 2.33 bits per heavy atom. The fraction of sp³-hybridized carbons (Fsp3) is 0.333. The van der Waals surface area contributed by atoms with Crippen LogP contribution in [0, 0.1) is 11.8 Å². The Kier molecular flexibility index (Phi) is 7.23. The van der Waals surface area contributed by atoms with Crippen molar-refractivity contribution >= 4 is 11.8 Å². The lowest BCUT2D eigenvalue weighted by molar-refractivity contribution is -0.125. The third-order valence-corrected chi connectivity index (χ3v) is 5.25.